The van der Waals surface area contributed by atoms with E-state index < -0.39 is 18.5 Å². The first-order valence-corrected chi connectivity index (χ1v) is 7.20. The highest BCUT2D eigenvalue weighted by atomic mass is 19.1. The van der Waals surface area contributed by atoms with Crippen molar-refractivity contribution >= 4 is 11.9 Å². The quantitative estimate of drug-likeness (QED) is 0.849. The third-order valence-corrected chi connectivity index (χ3v) is 3.35. The van der Waals surface area contributed by atoms with Gasteiger partial charge in [0, 0.05) is 6.54 Å². The van der Waals surface area contributed by atoms with Crippen molar-refractivity contribution in [2.24, 2.45) is 0 Å². The Morgan fingerprint density at radius 3 is 2.62 bits per heavy atom. The third-order valence-electron chi connectivity index (χ3n) is 3.35. The van der Waals surface area contributed by atoms with Gasteiger partial charge in [0.25, 0.3) is 5.91 Å². The molecule has 0 saturated heterocycles. The fraction of sp³-hybridized carbons (Fsp3) is 0.176. The van der Waals surface area contributed by atoms with Crippen LogP contribution in [0.2, 0.25) is 0 Å². The number of hydrogen-bond donors (Lipinski definition) is 1. The van der Waals surface area contributed by atoms with E-state index in [1.807, 2.05) is 0 Å². The number of esters is 1. The molecule has 6 nitrogen and oxygen atoms in total. The molecule has 0 radical (unpaired) electrons. The largest absolute Gasteiger partial charge is 0.454 e. The molecular weight excluding hydrogens is 317 g/mol. The van der Waals surface area contributed by atoms with Gasteiger partial charge < -0.3 is 19.5 Å². The van der Waals surface area contributed by atoms with Gasteiger partial charge in [-0.3, -0.25) is 4.79 Å². The molecule has 2 aromatic carbocycles. The first-order valence-electron chi connectivity index (χ1n) is 7.20. The summed E-state index contributed by atoms with van der Waals surface area (Å²) in [6.07, 6.45) is 0. The van der Waals surface area contributed by atoms with E-state index in [0.717, 1.165) is 5.56 Å². The first-order chi connectivity index (χ1) is 11.6. The second-order valence-corrected chi connectivity index (χ2v) is 5.05. The molecule has 0 spiro atoms. The van der Waals surface area contributed by atoms with Gasteiger partial charge in [0.15, 0.2) is 18.1 Å². The van der Waals surface area contributed by atoms with Crippen LogP contribution < -0.4 is 14.8 Å². The maximum Gasteiger partial charge on any atom is 0.338 e. The van der Waals surface area contributed by atoms with Gasteiger partial charge in [0.1, 0.15) is 5.82 Å². The predicted octanol–water partition coefficient (Wildman–Crippen LogP) is 2.03. The van der Waals surface area contributed by atoms with Crippen LogP contribution in [0, 0.1) is 5.82 Å². The van der Waals surface area contributed by atoms with Gasteiger partial charge in [-0.05, 0) is 35.9 Å². The van der Waals surface area contributed by atoms with Gasteiger partial charge in [0.2, 0.25) is 6.79 Å². The molecule has 0 aromatic heterocycles. The highest BCUT2D eigenvalue weighted by Crippen LogP contribution is 2.32. The number of ether oxygens (including phenoxy) is 3. The van der Waals surface area contributed by atoms with Crippen molar-refractivity contribution in [1.82, 2.24) is 5.32 Å². The number of fused-ring (bicyclic) bond motifs is 1. The van der Waals surface area contributed by atoms with Crippen molar-refractivity contribution in [3.8, 4) is 11.5 Å². The van der Waals surface area contributed by atoms with Crippen LogP contribution in [0.4, 0.5) is 4.39 Å². The van der Waals surface area contributed by atoms with E-state index in [1.165, 1.54) is 24.3 Å². The monoisotopic (exact) mass is 331 g/mol. The lowest BCUT2D eigenvalue weighted by Gasteiger charge is -2.07. The maximum absolute atomic E-state index is 12.8. The van der Waals surface area contributed by atoms with E-state index in [1.54, 1.807) is 18.2 Å². The van der Waals surface area contributed by atoms with Gasteiger partial charge in [-0.1, -0.05) is 12.1 Å². The summed E-state index contributed by atoms with van der Waals surface area (Å²) in [6, 6.07) is 10.4. The minimum absolute atomic E-state index is 0.111. The lowest BCUT2D eigenvalue weighted by molar-refractivity contribution is -0.124. The molecule has 24 heavy (non-hydrogen) atoms. The average Bonchev–Trinajstić information content (AvgIpc) is 3.06. The molecule has 1 aliphatic rings. The zero-order chi connectivity index (χ0) is 16.9. The number of nitrogens with one attached hydrogen (secondary N) is 1. The fourth-order valence-electron chi connectivity index (χ4n) is 2.09. The van der Waals surface area contributed by atoms with E-state index in [0.29, 0.717) is 11.5 Å². The summed E-state index contributed by atoms with van der Waals surface area (Å²) in [7, 11) is 0. The molecule has 0 aliphatic carbocycles. The number of hydrogen-bond acceptors (Lipinski definition) is 5. The molecule has 1 N–H and O–H groups in total. The van der Waals surface area contributed by atoms with Crippen molar-refractivity contribution in [2.45, 2.75) is 6.54 Å². The maximum atomic E-state index is 12.8. The van der Waals surface area contributed by atoms with Crippen LogP contribution in [0.5, 0.6) is 11.5 Å². The van der Waals surface area contributed by atoms with Crippen LogP contribution in [0.1, 0.15) is 15.9 Å². The summed E-state index contributed by atoms with van der Waals surface area (Å²) in [5.41, 5.74) is 1.01. The van der Waals surface area contributed by atoms with Crippen molar-refractivity contribution in [1.29, 1.82) is 0 Å². The number of rotatable bonds is 5. The smallest absolute Gasteiger partial charge is 0.338 e. The van der Waals surface area contributed by atoms with Crippen LogP contribution in [0.15, 0.2) is 42.5 Å². The molecule has 2 aromatic rings. The highest BCUT2D eigenvalue weighted by molar-refractivity contribution is 5.92. The summed E-state index contributed by atoms with van der Waals surface area (Å²) < 4.78 is 28.1. The van der Waals surface area contributed by atoms with Crippen molar-refractivity contribution in [3.05, 3.63) is 59.4 Å². The van der Waals surface area contributed by atoms with Crippen LogP contribution in [0.3, 0.4) is 0 Å². The van der Waals surface area contributed by atoms with Gasteiger partial charge in [0.05, 0.1) is 5.56 Å². The second-order valence-electron chi connectivity index (χ2n) is 5.05. The second kappa shape index (κ2) is 6.99. The molecule has 1 heterocycles. The van der Waals surface area contributed by atoms with Gasteiger partial charge in [-0.25, -0.2) is 9.18 Å². The Balaban J connectivity index is 1.47. The molecule has 0 atom stereocenters. The number of halogens is 1. The van der Waals surface area contributed by atoms with Crippen LogP contribution in [-0.2, 0) is 16.1 Å². The van der Waals surface area contributed by atoms with Crippen molar-refractivity contribution < 1.29 is 28.2 Å². The molecule has 0 saturated carbocycles. The Hall–Kier alpha value is -3.09. The van der Waals surface area contributed by atoms with E-state index in [-0.39, 0.29) is 24.7 Å². The zero-order valence-electron chi connectivity index (χ0n) is 12.6. The summed E-state index contributed by atoms with van der Waals surface area (Å²) in [6.45, 7) is -0.0746. The number of amides is 1. The molecule has 7 heteroatoms. The van der Waals surface area contributed by atoms with E-state index in [4.69, 9.17) is 14.2 Å². The van der Waals surface area contributed by atoms with Crippen LogP contribution >= 0.6 is 0 Å². The van der Waals surface area contributed by atoms with Crippen molar-refractivity contribution in [2.75, 3.05) is 13.4 Å². The lowest BCUT2D eigenvalue weighted by Crippen LogP contribution is -2.28. The Morgan fingerprint density at radius 1 is 1.08 bits per heavy atom. The Morgan fingerprint density at radius 2 is 1.83 bits per heavy atom. The van der Waals surface area contributed by atoms with E-state index in [2.05, 4.69) is 5.32 Å². The lowest BCUT2D eigenvalue weighted by atomic mass is 10.2. The molecule has 0 fully saturated rings. The summed E-state index contributed by atoms with van der Waals surface area (Å²) in [4.78, 5) is 23.6. The fourth-order valence-corrected chi connectivity index (χ4v) is 2.09. The minimum atomic E-state index is -0.634. The van der Waals surface area contributed by atoms with Crippen LogP contribution in [-0.4, -0.2) is 25.3 Å². The predicted molar refractivity (Wildman–Crippen MR) is 81.1 cm³/mol. The number of benzene rings is 2. The summed E-state index contributed by atoms with van der Waals surface area (Å²) in [5, 5.41) is 2.58. The van der Waals surface area contributed by atoms with E-state index >= 15 is 0 Å². The van der Waals surface area contributed by atoms with E-state index in [9.17, 15) is 14.0 Å². The normalized spacial score (nSPS) is 11.9. The van der Waals surface area contributed by atoms with Gasteiger partial charge in [-0.15, -0.1) is 0 Å². The zero-order valence-corrected chi connectivity index (χ0v) is 12.6. The SMILES string of the molecule is O=C(COC(=O)c1ccc2c(c1)OCO2)NCc1ccc(F)cc1. The minimum Gasteiger partial charge on any atom is -0.454 e. The molecule has 1 aliphatic heterocycles. The Bertz CT molecular complexity index is 760. The summed E-state index contributed by atoms with van der Waals surface area (Å²) in [5.74, 6) is -0.407. The molecule has 3 rings (SSSR count). The Kier molecular flexibility index (Phi) is 4.60. The first kappa shape index (κ1) is 15.8. The van der Waals surface area contributed by atoms with Crippen molar-refractivity contribution in [3.63, 3.8) is 0 Å². The topological polar surface area (TPSA) is 73.9 Å². The number of carbonyl (C=O) groups is 2. The third kappa shape index (κ3) is 3.81. The Labute approximate surface area is 137 Å². The standard InChI is InChI=1S/C17H14FNO5/c18-13-4-1-11(2-5-13)8-19-16(20)9-22-17(21)12-3-6-14-15(7-12)24-10-23-14/h1-7H,8-10H2,(H,19,20). The molecule has 0 unspecified atom stereocenters. The number of carbonyl (C=O) groups excluding carboxylic acids is 2. The molecular formula is C17H14FNO5. The van der Waals surface area contributed by atoms with Gasteiger partial charge >= 0.3 is 5.97 Å². The summed E-state index contributed by atoms with van der Waals surface area (Å²) >= 11 is 0. The molecule has 124 valence electrons. The van der Waals surface area contributed by atoms with Gasteiger partial charge in [-0.2, -0.15) is 0 Å². The molecule has 0 bridgehead atoms. The molecule has 1 amide bonds. The highest BCUT2D eigenvalue weighted by Gasteiger charge is 2.17. The average molecular weight is 331 g/mol. The van der Waals surface area contributed by atoms with Crippen LogP contribution in [0.25, 0.3) is 0 Å².